The summed E-state index contributed by atoms with van der Waals surface area (Å²) >= 11 is 0. The highest BCUT2D eigenvalue weighted by Gasteiger charge is 2.40. The molecule has 3 rings (SSSR count). The van der Waals surface area contributed by atoms with Gasteiger partial charge in [0, 0.05) is 16.7 Å². The lowest BCUT2D eigenvalue weighted by molar-refractivity contribution is -0.119. The average molecular weight is 285 g/mol. The van der Waals surface area contributed by atoms with Gasteiger partial charge in [0.05, 0.1) is 5.41 Å². The summed E-state index contributed by atoms with van der Waals surface area (Å²) in [6.07, 6.45) is 5.46. The molecular formula is C18H23NO2. The number of amides is 1. The summed E-state index contributed by atoms with van der Waals surface area (Å²) in [5.41, 5.74) is 1.75. The third kappa shape index (κ3) is 2.19. The zero-order valence-electron chi connectivity index (χ0n) is 13.1. The second kappa shape index (κ2) is 4.69. The first kappa shape index (κ1) is 14.3. The number of fused-ring (bicyclic) bond motifs is 1. The van der Waals surface area contributed by atoms with Gasteiger partial charge in [0.25, 0.3) is 0 Å². The van der Waals surface area contributed by atoms with Crippen LogP contribution in [0, 0.1) is 5.41 Å². The quantitative estimate of drug-likeness (QED) is 0.833. The van der Waals surface area contributed by atoms with Crippen LogP contribution in [-0.2, 0) is 10.2 Å². The number of ketones is 1. The molecule has 1 fully saturated rings. The molecule has 1 amide bonds. The van der Waals surface area contributed by atoms with E-state index in [1.54, 1.807) is 0 Å². The second-order valence-corrected chi connectivity index (χ2v) is 7.29. The maximum absolute atomic E-state index is 12.9. The smallest absolute Gasteiger partial charge is 0.234 e. The van der Waals surface area contributed by atoms with E-state index in [-0.39, 0.29) is 17.1 Å². The van der Waals surface area contributed by atoms with Crippen molar-refractivity contribution in [2.45, 2.75) is 58.3 Å². The van der Waals surface area contributed by atoms with Gasteiger partial charge < -0.3 is 5.32 Å². The average Bonchev–Trinajstić information content (AvgIpc) is 2.69. The summed E-state index contributed by atoms with van der Waals surface area (Å²) in [6, 6.07) is 5.67. The van der Waals surface area contributed by atoms with Gasteiger partial charge in [-0.1, -0.05) is 26.2 Å². The van der Waals surface area contributed by atoms with E-state index in [4.69, 9.17) is 0 Å². The van der Waals surface area contributed by atoms with Crippen molar-refractivity contribution in [3.8, 4) is 0 Å². The summed E-state index contributed by atoms with van der Waals surface area (Å²) in [5, 5.41) is 2.89. The fraction of sp³-hybridized carbons (Fsp3) is 0.556. The first-order valence-corrected chi connectivity index (χ1v) is 7.85. The Labute approximate surface area is 126 Å². The number of hydrogen-bond donors (Lipinski definition) is 1. The highest BCUT2D eigenvalue weighted by molar-refractivity contribution is 6.07. The van der Waals surface area contributed by atoms with E-state index in [0.717, 1.165) is 42.5 Å². The Hall–Kier alpha value is -1.64. The van der Waals surface area contributed by atoms with Gasteiger partial charge >= 0.3 is 0 Å². The molecule has 1 N–H and O–H groups in total. The van der Waals surface area contributed by atoms with Crippen LogP contribution >= 0.6 is 0 Å². The van der Waals surface area contributed by atoms with Crippen LogP contribution in [0.2, 0.25) is 0 Å². The largest absolute Gasteiger partial charge is 0.325 e. The van der Waals surface area contributed by atoms with Gasteiger partial charge in [-0.3, -0.25) is 9.59 Å². The number of rotatable bonds is 2. The molecule has 3 nitrogen and oxygen atoms in total. The van der Waals surface area contributed by atoms with Crippen LogP contribution in [-0.4, -0.2) is 11.7 Å². The van der Waals surface area contributed by atoms with Gasteiger partial charge in [0.1, 0.15) is 0 Å². The first-order chi connectivity index (χ1) is 9.84. The zero-order valence-corrected chi connectivity index (χ0v) is 13.1. The van der Waals surface area contributed by atoms with E-state index in [9.17, 15) is 9.59 Å². The minimum Gasteiger partial charge on any atom is -0.325 e. The lowest BCUT2D eigenvalue weighted by atomic mass is 9.70. The van der Waals surface area contributed by atoms with Crippen LogP contribution in [0.3, 0.4) is 0 Å². The Kier molecular flexibility index (Phi) is 3.19. The van der Waals surface area contributed by atoms with E-state index in [1.807, 2.05) is 32.0 Å². The topological polar surface area (TPSA) is 46.2 Å². The van der Waals surface area contributed by atoms with Crippen LogP contribution < -0.4 is 5.32 Å². The highest BCUT2D eigenvalue weighted by atomic mass is 16.2. The minimum atomic E-state index is -0.556. The maximum Gasteiger partial charge on any atom is 0.234 e. The Bertz CT molecular complexity index is 610. The number of benzene rings is 1. The fourth-order valence-corrected chi connectivity index (χ4v) is 3.62. The monoisotopic (exact) mass is 285 g/mol. The van der Waals surface area contributed by atoms with Gasteiger partial charge in [-0.15, -0.1) is 0 Å². The molecule has 0 radical (unpaired) electrons. The van der Waals surface area contributed by atoms with Crippen molar-refractivity contribution in [3.05, 3.63) is 29.3 Å². The molecule has 112 valence electrons. The van der Waals surface area contributed by atoms with Gasteiger partial charge in [-0.2, -0.15) is 0 Å². The lowest BCUT2D eigenvalue weighted by Gasteiger charge is -2.32. The van der Waals surface area contributed by atoms with Crippen molar-refractivity contribution in [3.63, 3.8) is 0 Å². The predicted octanol–water partition coefficient (Wildman–Crippen LogP) is 4.07. The van der Waals surface area contributed by atoms with Gasteiger partial charge in [0.15, 0.2) is 5.78 Å². The van der Waals surface area contributed by atoms with Crippen LogP contribution in [0.4, 0.5) is 5.69 Å². The molecule has 0 aromatic heterocycles. The molecule has 0 spiro atoms. The molecule has 2 aliphatic rings. The third-order valence-electron chi connectivity index (χ3n) is 5.28. The molecule has 3 heteroatoms. The molecule has 1 aromatic carbocycles. The van der Waals surface area contributed by atoms with E-state index in [1.165, 1.54) is 6.42 Å². The molecule has 0 bridgehead atoms. The molecule has 1 heterocycles. The van der Waals surface area contributed by atoms with Crippen molar-refractivity contribution < 1.29 is 9.59 Å². The number of Topliss-reactive ketones (excluding diaryl/α,β-unsaturated/α-hetero) is 1. The van der Waals surface area contributed by atoms with Crippen molar-refractivity contribution in [2.24, 2.45) is 5.41 Å². The third-order valence-corrected chi connectivity index (χ3v) is 5.28. The normalized spacial score (nSPS) is 22.5. The number of anilines is 1. The molecule has 21 heavy (non-hydrogen) atoms. The summed E-state index contributed by atoms with van der Waals surface area (Å²) in [7, 11) is 0. The fourth-order valence-electron chi connectivity index (χ4n) is 3.62. The van der Waals surface area contributed by atoms with E-state index < -0.39 is 5.41 Å². The molecule has 1 aromatic rings. The Balaban J connectivity index is 1.96. The molecule has 1 aliphatic carbocycles. The van der Waals surface area contributed by atoms with Gasteiger partial charge in [-0.25, -0.2) is 0 Å². The van der Waals surface area contributed by atoms with Crippen molar-refractivity contribution in [1.82, 2.24) is 0 Å². The van der Waals surface area contributed by atoms with Crippen LogP contribution in [0.1, 0.15) is 68.8 Å². The Morgan fingerprint density at radius 2 is 1.76 bits per heavy atom. The number of carbonyl (C=O) groups excluding carboxylic acids is 2. The predicted molar refractivity (Wildman–Crippen MR) is 83.6 cm³/mol. The van der Waals surface area contributed by atoms with Crippen molar-refractivity contribution in [2.75, 3.05) is 5.32 Å². The summed E-state index contributed by atoms with van der Waals surface area (Å²) < 4.78 is 0. The van der Waals surface area contributed by atoms with Crippen molar-refractivity contribution in [1.29, 1.82) is 0 Å². The maximum atomic E-state index is 12.9. The van der Waals surface area contributed by atoms with Crippen LogP contribution in [0.5, 0.6) is 0 Å². The van der Waals surface area contributed by atoms with E-state index in [0.29, 0.717) is 0 Å². The second-order valence-electron chi connectivity index (χ2n) is 7.29. The molecule has 0 atom stereocenters. The lowest BCUT2D eigenvalue weighted by Crippen LogP contribution is -2.31. The highest BCUT2D eigenvalue weighted by Crippen LogP contribution is 2.41. The number of hydrogen-bond acceptors (Lipinski definition) is 2. The molecule has 0 saturated heterocycles. The first-order valence-electron chi connectivity index (χ1n) is 7.85. The Morgan fingerprint density at radius 1 is 1.10 bits per heavy atom. The summed E-state index contributed by atoms with van der Waals surface area (Å²) in [4.78, 5) is 24.9. The van der Waals surface area contributed by atoms with Crippen molar-refractivity contribution >= 4 is 17.4 Å². The SMILES string of the molecule is CC1(C(=O)c2ccc3c(c2)C(C)(C)C(=O)N3)CCCCC1. The standard InChI is InChI=1S/C18H23NO2/c1-17(2)13-11-12(7-8-14(13)19-16(17)21)15(20)18(3)9-5-4-6-10-18/h7-8,11H,4-6,9-10H2,1-3H3,(H,19,21). The Morgan fingerprint density at radius 3 is 2.43 bits per heavy atom. The summed E-state index contributed by atoms with van der Waals surface area (Å²) in [6.45, 7) is 5.91. The van der Waals surface area contributed by atoms with E-state index in [2.05, 4.69) is 12.2 Å². The summed E-state index contributed by atoms with van der Waals surface area (Å²) in [5.74, 6) is 0.242. The molecular weight excluding hydrogens is 262 g/mol. The molecule has 1 aliphatic heterocycles. The zero-order chi connectivity index (χ0) is 15.3. The van der Waals surface area contributed by atoms with Crippen LogP contribution in [0.15, 0.2) is 18.2 Å². The van der Waals surface area contributed by atoms with Gasteiger partial charge in [-0.05, 0) is 50.5 Å². The molecule has 1 saturated carbocycles. The van der Waals surface area contributed by atoms with Gasteiger partial charge in [0.2, 0.25) is 5.91 Å². The minimum absolute atomic E-state index is 0.00553. The van der Waals surface area contributed by atoms with E-state index >= 15 is 0 Å². The number of carbonyl (C=O) groups is 2. The molecule has 0 unspecified atom stereocenters. The number of nitrogens with one attached hydrogen (secondary N) is 1. The van der Waals surface area contributed by atoms with Crippen LogP contribution in [0.25, 0.3) is 0 Å².